The van der Waals surface area contributed by atoms with E-state index in [2.05, 4.69) is 6.07 Å². The fourth-order valence-corrected chi connectivity index (χ4v) is 1.02. The molecular weight excluding hydrogens is 152 g/mol. The highest BCUT2D eigenvalue weighted by Gasteiger charge is 2.18. The minimum atomic E-state index is -0.351. The van der Waals surface area contributed by atoms with Gasteiger partial charge in [-0.1, -0.05) is 0 Å². The maximum atomic E-state index is 9.28. The Morgan fingerprint density at radius 3 is 2.25 bits per heavy atom. The number of nitriles is 1. The summed E-state index contributed by atoms with van der Waals surface area (Å²) in [6.45, 7) is 5.71. The summed E-state index contributed by atoms with van der Waals surface area (Å²) >= 11 is 0. The molecule has 0 aliphatic carbocycles. The van der Waals surface area contributed by atoms with E-state index < -0.39 is 0 Å². The molecule has 0 saturated carbocycles. The molecule has 0 saturated heterocycles. The van der Waals surface area contributed by atoms with E-state index in [1.165, 1.54) is 0 Å². The van der Waals surface area contributed by atoms with Gasteiger partial charge in [0.1, 0.15) is 0 Å². The first kappa shape index (κ1) is 11.4. The van der Waals surface area contributed by atoms with Gasteiger partial charge in [0, 0.05) is 12.1 Å². The second-order valence-corrected chi connectivity index (χ2v) is 3.36. The van der Waals surface area contributed by atoms with Gasteiger partial charge in [-0.15, -0.1) is 0 Å². The lowest BCUT2D eigenvalue weighted by Crippen LogP contribution is -2.42. The molecule has 0 aliphatic rings. The number of likely N-dealkylation sites (N-methyl/N-ethyl adjacent to an activating group) is 1. The van der Waals surface area contributed by atoms with Crippen LogP contribution in [-0.4, -0.2) is 35.2 Å². The first-order valence-corrected chi connectivity index (χ1v) is 4.27. The van der Waals surface area contributed by atoms with Gasteiger partial charge < -0.3 is 5.11 Å². The molecule has 3 unspecified atom stereocenters. The average Bonchev–Trinajstić information content (AvgIpc) is 2.02. The molecule has 1 N–H and O–H groups in total. The maximum Gasteiger partial charge on any atom is 0.0664 e. The lowest BCUT2D eigenvalue weighted by Gasteiger charge is -2.31. The van der Waals surface area contributed by atoms with Crippen LogP contribution < -0.4 is 0 Å². The Kier molecular flexibility index (Phi) is 4.87. The van der Waals surface area contributed by atoms with Gasteiger partial charge in [0.15, 0.2) is 0 Å². The van der Waals surface area contributed by atoms with Crippen molar-refractivity contribution in [2.75, 3.05) is 7.05 Å². The van der Waals surface area contributed by atoms with E-state index >= 15 is 0 Å². The minimum Gasteiger partial charge on any atom is -0.392 e. The Morgan fingerprint density at radius 2 is 1.92 bits per heavy atom. The molecule has 12 heavy (non-hydrogen) atoms. The Morgan fingerprint density at radius 1 is 1.42 bits per heavy atom. The number of nitrogens with zero attached hydrogens (tertiary/aromatic N) is 2. The van der Waals surface area contributed by atoms with Gasteiger partial charge in [-0.05, 0) is 27.8 Å². The van der Waals surface area contributed by atoms with Crippen LogP contribution in [0.15, 0.2) is 0 Å². The summed E-state index contributed by atoms with van der Waals surface area (Å²) in [7, 11) is 1.93. The van der Waals surface area contributed by atoms with Crippen LogP contribution >= 0.6 is 0 Å². The van der Waals surface area contributed by atoms with Crippen molar-refractivity contribution in [3.05, 3.63) is 0 Å². The molecule has 0 fully saturated rings. The van der Waals surface area contributed by atoms with Crippen LogP contribution in [0.4, 0.5) is 0 Å². The third-order valence-corrected chi connectivity index (χ3v) is 2.42. The molecule has 0 radical (unpaired) electrons. The van der Waals surface area contributed by atoms with Crippen LogP contribution in [0.25, 0.3) is 0 Å². The molecule has 3 nitrogen and oxygen atoms in total. The van der Waals surface area contributed by atoms with Crippen molar-refractivity contribution in [2.24, 2.45) is 0 Å². The summed E-state index contributed by atoms with van der Waals surface area (Å²) in [5.41, 5.74) is 0. The third kappa shape index (κ3) is 3.21. The van der Waals surface area contributed by atoms with E-state index in [9.17, 15) is 5.11 Å². The van der Waals surface area contributed by atoms with E-state index in [-0.39, 0.29) is 18.2 Å². The summed E-state index contributed by atoms with van der Waals surface area (Å²) in [4.78, 5) is 2.02. The van der Waals surface area contributed by atoms with Crippen molar-refractivity contribution in [3.63, 3.8) is 0 Å². The summed E-state index contributed by atoms with van der Waals surface area (Å²) in [6.07, 6.45) is 0.157. The quantitative estimate of drug-likeness (QED) is 0.684. The molecule has 0 aromatic heterocycles. The molecule has 0 bridgehead atoms. The second kappa shape index (κ2) is 5.13. The molecule has 3 heteroatoms. The van der Waals surface area contributed by atoms with Crippen molar-refractivity contribution < 1.29 is 5.11 Å². The van der Waals surface area contributed by atoms with E-state index in [0.717, 1.165) is 0 Å². The minimum absolute atomic E-state index is 0.105. The van der Waals surface area contributed by atoms with E-state index in [0.29, 0.717) is 6.42 Å². The molecule has 0 aromatic carbocycles. The normalized spacial score (nSPS) is 18.4. The predicted octanol–water partition coefficient (Wildman–Crippen LogP) is 0.990. The van der Waals surface area contributed by atoms with Crippen molar-refractivity contribution in [3.8, 4) is 6.07 Å². The van der Waals surface area contributed by atoms with Gasteiger partial charge in [-0.3, -0.25) is 4.90 Å². The molecule has 0 aromatic rings. The molecule has 70 valence electrons. The number of rotatable bonds is 4. The molecule has 3 atom stereocenters. The molecule has 0 aliphatic heterocycles. The fourth-order valence-electron chi connectivity index (χ4n) is 1.02. The van der Waals surface area contributed by atoms with Crippen LogP contribution in [0.3, 0.4) is 0 Å². The van der Waals surface area contributed by atoms with Crippen LogP contribution in [0, 0.1) is 11.3 Å². The predicted molar refractivity (Wildman–Crippen MR) is 48.6 cm³/mol. The largest absolute Gasteiger partial charge is 0.392 e. The number of aliphatic hydroxyl groups excluding tert-OH is 1. The van der Waals surface area contributed by atoms with E-state index in [1.54, 1.807) is 6.92 Å². The summed E-state index contributed by atoms with van der Waals surface area (Å²) < 4.78 is 0. The Hall–Kier alpha value is -0.590. The molecular formula is C9H18N2O. The zero-order valence-corrected chi connectivity index (χ0v) is 8.28. The first-order valence-electron chi connectivity index (χ1n) is 4.27. The first-order chi connectivity index (χ1) is 5.50. The molecule has 0 spiro atoms. The van der Waals surface area contributed by atoms with Gasteiger partial charge in [0.25, 0.3) is 0 Å². The number of hydrogen-bond acceptors (Lipinski definition) is 3. The second-order valence-electron chi connectivity index (χ2n) is 3.36. The van der Waals surface area contributed by atoms with E-state index in [1.807, 2.05) is 25.8 Å². The SMILES string of the molecule is CC(O)C(C)N(C)C(C)CC#N. The smallest absolute Gasteiger partial charge is 0.0664 e. The highest BCUT2D eigenvalue weighted by atomic mass is 16.3. The zero-order valence-electron chi connectivity index (χ0n) is 8.28. The van der Waals surface area contributed by atoms with Gasteiger partial charge in [-0.25, -0.2) is 0 Å². The Bertz CT molecular complexity index is 162. The molecule has 0 heterocycles. The Labute approximate surface area is 74.6 Å². The van der Waals surface area contributed by atoms with Gasteiger partial charge in [-0.2, -0.15) is 5.26 Å². The monoisotopic (exact) mass is 170 g/mol. The third-order valence-electron chi connectivity index (χ3n) is 2.42. The highest BCUT2D eigenvalue weighted by molar-refractivity contribution is 4.81. The van der Waals surface area contributed by atoms with Crippen LogP contribution in [0.1, 0.15) is 27.2 Å². The van der Waals surface area contributed by atoms with Crippen molar-refractivity contribution in [1.29, 1.82) is 5.26 Å². The van der Waals surface area contributed by atoms with Crippen LogP contribution in [0.2, 0.25) is 0 Å². The average molecular weight is 170 g/mol. The van der Waals surface area contributed by atoms with Gasteiger partial charge >= 0.3 is 0 Å². The van der Waals surface area contributed by atoms with Crippen LogP contribution in [-0.2, 0) is 0 Å². The lowest BCUT2D eigenvalue weighted by atomic mass is 10.1. The standard InChI is InChI=1S/C9H18N2O/c1-7(5-6-10)11(4)8(2)9(3)12/h7-9,12H,5H2,1-4H3. The summed E-state index contributed by atoms with van der Waals surface area (Å²) in [6, 6.07) is 2.43. The highest BCUT2D eigenvalue weighted by Crippen LogP contribution is 2.08. The summed E-state index contributed by atoms with van der Waals surface area (Å²) in [5.74, 6) is 0. The Balaban J connectivity index is 4.01. The lowest BCUT2D eigenvalue weighted by molar-refractivity contribution is 0.0668. The van der Waals surface area contributed by atoms with Crippen molar-refractivity contribution in [1.82, 2.24) is 4.90 Å². The number of hydrogen-bond donors (Lipinski definition) is 1. The topological polar surface area (TPSA) is 47.3 Å². The molecule has 0 rings (SSSR count). The number of aliphatic hydroxyl groups is 1. The maximum absolute atomic E-state index is 9.28. The van der Waals surface area contributed by atoms with Gasteiger partial charge in [0.2, 0.25) is 0 Å². The van der Waals surface area contributed by atoms with E-state index in [4.69, 9.17) is 5.26 Å². The van der Waals surface area contributed by atoms with Crippen LogP contribution in [0.5, 0.6) is 0 Å². The molecule has 0 amide bonds. The summed E-state index contributed by atoms with van der Waals surface area (Å²) in [5, 5.41) is 17.8. The van der Waals surface area contributed by atoms with Crippen molar-refractivity contribution >= 4 is 0 Å². The fraction of sp³-hybridized carbons (Fsp3) is 0.889. The van der Waals surface area contributed by atoms with Crippen molar-refractivity contribution in [2.45, 2.75) is 45.4 Å². The zero-order chi connectivity index (χ0) is 9.72. The van der Waals surface area contributed by atoms with Gasteiger partial charge in [0.05, 0.1) is 18.6 Å².